The molecule has 4 heterocycles. The lowest BCUT2D eigenvalue weighted by molar-refractivity contribution is 0.0601. The lowest BCUT2D eigenvalue weighted by Gasteiger charge is -2.38. The van der Waals surface area contributed by atoms with Gasteiger partial charge in [-0.05, 0) is 91.7 Å². The Kier molecular flexibility index (Phi) is 11.3. The molecule has 0 N–H and O–H groups in total. The van der Waals surface area contributed by atoms with E-state index in [0.717, 1.165) is 97.8 Å². The number of carbonyl (C=O) groups excluding carboxylic acids is 1. The number of pyridine rings is 1. The van der Waals surface area contributed by atoms with E-state index in [1.54, 1.807) is 5.57 Å². The van der Waals surface area contributed by atoms with Crippen LogP contribution in [-0.4, -0.2) is 88.1 Å². The number of fused-ring (bicyclic) bond motifs is 2. The summed E-state index contributed by atoms with van der Waals surface area (Å²) in [5.41, 5.74) is 8.52. The summed E-state index contributed by atoms with van der Waals surface area (Å²) in [7, 11) is 0.269. The zero-order chi connectivity index (χ0) is 36.2. The fraction of sp³-hybridized carbons (Fsp3) is 0.463. The summed E-state index contributed by atoms with van der Waals surface area (Å²) in [6.07, 6.45) is 7.62. The molecule has 0 unspecified atom stereocenters. The van der Waals surface area contributed by atoms with Gasteiger partial charge in [-0.1, -0.05) is 48.9 Å². The van der Waals surface area contributed by atoms with Crippen LogP contribution >= 0.6 is 11.6 Å². The van der Waals surface area contributed by atoms with Gasteiger partial charge in [-0.3, -0.25) is 4.90 Å². The molecule has 2 aliphatic heterocycles. The molecule has 0 radical (unpaired) electrons. The van der Waals surface area contributed by atoms with E-state index in [-0.39, 0.29) is 5.97 Å². The third-order valence-electron chi connectivity index (χ3n) is 10.6. The third kappa shape index (κ3) is 8.36. The molecule has 7 rings (SSSR count). The van der Waals surface area contributed by atoms with E-state index in [1.165, 1.54) is 31.1 Å². The molecule has 2 aromatic carbocycles. The highest BCUT2D eigenvalue weighted by molar-refractivity contribution is 6.76. The normalized spacial score (nSPS) is 17.2. The van der Waals surface area contributed by atoms with Gasteiger partial charge in [0.1, 0.15) is 18.1 Å². The number of hydrogen-bond acceptors (Lipinski definition) is 8. The van der Waals surface area contributed by atoms with E-state index >= 15 is 0 Å². The predicted molar refractivity (Wildman–Crippen MR) is 214 cm³/mol. The highest BCUT2D eigenvalue weighted by Gasteiger charge is 2.28. The van der Waals surface area contributed by atoms with Gasteiger partial charge in [0.05, 0.1) is 25.0 Å². The van der Waals surface area contributed by atoms with Crippen molar-refractivity contribution in [1.82, 2.24) is 14.5 Å². The van der Waals surface area contributed by atoms with E-state index in [4.69, 9.17) is 30.8 Å². The lowest BCUT2D eigenvalue weighted by Crippen LogP contribution is -2.47. The molecule has 3 aliphatic rings. The third-order valence-corrected chi connectivity index (χ3v) is 12.5. The molecule has 2 aromatic heterocycles. The number of allylic oxidation sites excluding steroid dienone is 1. The molecular weight excluding hydrogens is 690 g/mol. The number of rotatable bonds is 11. The quantitative estimate of drug-likeness (QED) is 0.0858. The van der Waals surface area contributed by atoms with Crippen molar-refractivity contribution in [3.63, 3.8) is 0 Å². The molecule has 11 heteroatoms. The molecule has 0 atom stereocenters. The van der Waals surface area contributed by atoms with Gasteiger partial charge in [-0.15, -0.1) is 0 Å². The van der Waals surface area contributed by atoms with Gasteiger partial charge >= 0.3 is 5.97 Å². The molecule has 1 saturated heterocycles. The van der Waals surface area contributed by atoms with Crippen LogP contribution in [0, 0.1) is 0 Å². The van der Waals surface area contributed by atoms with Gasteiger partial charge < -0.3 is 28.6 Å². The zero-order valence-corrected chi connectivity index (χ0v) is 32.9. The maximum atomic E-state index is 13.2. The summed E-state index contributed by atoms with van der Waals surface area (Å²) in [6.45, 7) is 14.3. The van der Waals surface area contributed by atoms with Crippen LogP contribution in [0.4, 0.5) is 17.1 Å². The first-order valence-electron chi connectivity index (χ1n) is 18.8. The molecule has 0 bridgehead atoms. The van der Waals surface area contributed by atoms with Crippen LogP contribution in [0.25, 0.3) is 16.6 Å². The second-order valence-electron chi connectivity index (χ2n) is 15.5. The van der Waals surface area contributed by atoms with E-state index in [0.29, 0.717) is 31.3 Å². The molecule has 1 fully saturated rings. The number of aromatic nitrogens is 2. The van der Waals surface area contributed by atoms with Crippen LogP contribution in [0.1, 0.15) is 48.0 Å². The number of methoxy groups -OCH3 is 1. The van der Waals surface area contributed by atoms with Crippen molar-refractivity contribution in [1.29, 1.82) is 0 Å². The van der Waals surface area contributed by atoms with Crippen molar-refractivity contribution in [3.05, 3.63) is 82.5 Å². The van der Waals surface area contributed by atoms with Crippen LogP contribution in [0.2, 0.25) is 30.7 Å². The maximum Gasteiger partial charge on any atom is 0.339 e. The molecule has 0 spiro atoms. The minimum Gasteiger partial charge on any atom is -0.476 e. The van der Waals surface area contributed by atoms with E-state index in [9.17, 15) is 4.79 Å². The van der Waals surface area contributed by atoms with Crippen molar-refractivity contribution >= 4 is 59.3 Å². The molecule has 9 nitrogen and oxygen atoms in total. The smallest absolute Gasteiger partial charge is 0.339 e. The van der Waals surface area contributed by atoms with Gasteiger partial charge in [0.2, 0.25) is 5.88 Å². The number of carbonyl (C=O) groups is 1. The molecule has 0 saturated carbocycles. The first-order valence-corrected chi connectivity index (χ1v) is 22.9. The van der Waals surface area contributed by atoms with Crippen LogP contribution < -0.4 is 14.5 Å². The number of piperazine rings is 1. The fourth-order valence-corrected chi connectivity index (χ4v) is 8.47. The highest BCUT2D eigenvalue weighted by Crippen LogP contribution is 2.41. The first-order chi connectivity index (χ1) is 25.2. The Morgan fingerprint density at radius 1 is 0.923 bits per heavy atom. The average Bonchev–Trinajstić information content (AvgIpc) is 3.42. The van der Waals surface area contributed by atoms with Gasteiger partial charge in [-0.25, -0.2) is 4.79 Å². The average molecular weight is 742 g/mol. The van der Waals surface area contributed by atoms with Crippen molar-refractivity contribution in [2.45, 2.75) is 64.5 Å². The number of nitrogens with zero attached hydrogens (tertiary/aromatic N) is 5. The molecule has 0 amide bonds. The number of esters is 1. The summed E-state index contributed by atoms with van der Waals surface area (Å²) in [4.78, 5) is 25.4. The van der Waals surface area contributed by atoms with Crippen molar-refractivity contribution in [3.8, 4) is 5.88 Å². The summed E-state index contributed by atoms with van der Waals surface area (Å²) >= 11 is 6.20. The van der Waals surface area contributed by atoms with Crippen molar-refractivity contribution in [2.24, 2.45) is 0 Å². The summed E-state index contributed by atoms with van der Waals surface area (Å²) in [5.74, 6) is 0.211. The molecule has 4 aromatic rings. The molecule has 276 valence electrons. The van der Waals surface area contributed by atoms with E-state index in [1.807, 2.05) is 29.0 Å². The SMILES string of the molecule is COC(=O)c1ccc(N2CCN(CC3=C(c4ccc(Cl)cc4)CCCC3)CC2)cc1N1CCCOc2nc3c(ccn3COCC[Si](C)(C)C)cc21. The topological polar surface area (TPSA) is 72.3 Å². The monoisotopic (exact) mass is 741 g/mol. The van der Waals surface area contributed by atoms with Crippen LogP contribution in [0.5, 0.6) is 5.88 Å². The Morgan fingerprint density at radius 3 is 2.48 bits per heavy atom. The fourth-order valence-electron chi connectivity index (χ4n) is 7.59. The zero-order valence-electron chi connectivity index (χ0n) is 31.1. The largest absolute Gasteiger partial charge is 0.476 e. The Labute approximate surface area is 314 Å². The summed E-state index contributed by atoms with van der Waals surface area (Å²) < 4.78 is 19.6. The number of halogens is 1. The van der Waals surface area contributed by atoms with Crippen LogP contribution in [-0.2, 0) is 16.2 Å². The summed E-state index contributed by atoms with van der Waals surface area (Å²) in [6, 6.07) is 19.8. The van der Waals surface area contributed by atoms with E-state index < -0.39 is 8.07 Å². The number of anilines is 3. The minimum absolute atomic E-state index is 0.356. The number of benzene rings is 2. The maximum absolute atomic E-state index is 13.2. The lowest BCUT2D eigenvalue weighted by atomic mass is 9.87. The Bertz CT molecular complexity index is 1910. The Balaban J connectivity index is 1.11. The van der Waals surface area contributed by atoms with E-state index in [2.05, 4.69) is 70.7 Å². The van der Waals surface area contributed by atoms with Gasteiger partial charge in [0.15, 0.2) is 0 Å². The Hall–Kier alpha value is -3.83. The van der Waals surface area contributed by atoms with Crippen LogP contribution in [0.15, 0.2) is 66.4 Å². The number of hydrogen-bond donors (Lipinski definition) is 0. The van der Waals surface area contributed by atoms with Gasteiger partial charge in [0.25, 0.3) is 0 Å². The molecule has 52 heavy (non-hydrogen) atoms. The second kappa shape index (κ2) is 16.0. The van der Waals surface area contributed by atoms with Gasteiger partial charge in [-0.2, -0.15) is 4.98 Å². The van der Waals surface area contributed by atoms with Crippen molar-refractivity contribution in [2.75, 3.05) is 69.4 Å². The minimum atomic E-state index is -1.17. The van der Waals surface area contributed by atoms with Gasteiger partial charge in [0, 0.05) is 76.2 Å². The summed E-state index contributed by atoms with van der Waals surface area (Å²) in [5, 5.41) is 1.79. The predicted octanol–water partition coefficient (Wildman–Crippen LogP) is 8.86. The highest BCUT2D eigenvalue weighted by atomic mass is 35.5. The number of ether oxygens (including phenoxy) is 3. The van der Waals surface area contributed by atoms with Crippen LogP contribution in [0.3, 0.4) is 0 Å². The first kappa shape index (κ1) is 36.5. The standard InChI is InChI=1S/C41H52ClN5O4Si/c1-49-41(48)36-15-14-34(45-21-19-44(20-22-45)28-32-8-5-6-9-35(32)30-10-12-33(42)13-11-30)27-37(36)47-17-7-23-51-40-38(47)26-31-16-18-46(39(31)43-40)29-50-24-25-52(2,3)4/h10-16,18,26-27H,5-9,17,19-25,28-29H2,1-4H3. The second-order valence-corrected chi connectivity index (χ2v) is 21.5. The Morgan fingerprint density at radius 2 is 1.71 bits per heavy atom. The van der Waals surface area contributed by atoms with Crippen molar-refractivity contribution < 1.29 is 19.0 Å². The molecule has 1 aliphatic carbocycles. The molecular formula is C41H52ClN5O4Si.